The van der Waals surface area contributed by atoms with E-state index in [9.17, 15) is 24.6 Å². The minimum absolute atomic E-state index is 0.0461. The molecule has 1 aliphatic heterocycles. The van der Waals surface area contributed by atoms with E-state index in [2.05, 4.69) is 0 Å². The van der Waals surface area contributed by atoms with E-state index >= 15 is 0 Å². The molecule has 24 heavy (non-hydrogen) atoms. The molecule has 1 saturated heterocycles. The topological polar surface area (TPSA) is 110 Å². The van der Waals surface area contributed by atoms with Crippen molar-refractivity contribution in [2.24, 2.45) is 0 Å². The van der Waals surface area contributed by atoms with Gasteiger partial charge in [0.2, 0.25) is 0 Å². The molecule has 7 nitrogen and oxygen atoms in total. The Morgan fingerprint density at radius 3 is 2.46 bits per heavy atom. The maximum Gasteiger partial charge on any atom is 0.266 e. The number of nitrogens with zero attached hydrogens (tertiary/aromatic N) is 1. The van der Waals surface area contributed by atoms with Crippen molar-refractivity contribution in [3.8, 4) is 5.75 Å². The highest BCUT2D eigenvalue weighted by Gasteiger charge is 2.37. The molecule has 1 atom stereocenters. The summed E-state index contributed by atoms with van der Waals surface area (Å²) in [5.41, 5.74) is 0.682. The summed E-state index contributed by atoms with van der Waals surface area (Å²) >= 11 is 5.89. The lowest BCUT2D eigenvalue weighted by atomic mass is 10.1. The number of hydrogen-bond donors (Lipinski definition) is 0. The van der Waals surface area contributed by atoms with Gasteiger partial charge in [0, 0.05) is 12.4 Å². The van der Waals surface area contributed by atoms with Gasteiger partial charge in [-0.2, -0.15) is 0 Å². The number of benzene rings is 1. The van der Waals surface area contributed by atoms with Crippen molar-refractivity contribution in [3.05, 3.63) is 34.7 Å². The third kappa shape index (κ3) is 3.92. The third-order valence-electron chi connectivity index (χ3n) is 3.18. The van der Waals surface area contributed by atoms with Gasteiger partial charge >= 0.3 is 0 Å². The molecular weight excluding hydrogens is 354 g/mol. The lowest BCUT2D eigenvalue weighted by Gasteiger charge is -2.27. The molecule has 126 valence electrons. The second-order valence-electron chi connectivity index (χ2n) is 4.74. The van der Waals surface area contributed by atoms with Crippen LogP contribution in [0.2, 0.25) is 0 Å². The Morgan fingerprint density at radius 2 is 1.96 bits per heavy atom. The summed E-state index contributed by atoms with van der Waals surface area (Å²) in [6.45, 7) is 0. The smallest absolute Gasteiger partial charge is 0.266 e. The number of carbonyl (C=O) groups is 3. The van der Waals surface area contributed by atoms with Crippen molar-refractivity contribution >= 4 is 52.2 Å². The van der Waals surface area contributed by atoms with Crippen molar-refractivity contribution in [3.63, 3.8) is 0 Å². The van der Waals surface area contributed by atoms with Crippen LogP contribution in [0.3, 0.4) is 0 Å². The fraction of sp³-hybridized carbons (Fsp3) is 0.200. The Hall–Kier alpha value is -2.39. The van der Waals surface area contributed by atoms with Crippen molar-refractivity contribution < 1.29 is 29.3 Å². The van der Waals surface area contributed by atoms with Gasteiger partial charge in [-0.3, -0.25) is 9.69 Å². The number of carboxylic acids is 2. The van der Waals surface area contributed by atoms with Gasteiger partial charge < -0.3 is 24.5 Å². The summed E-state index contributed by atoms with van der Waals surface area (Å²) < 4.78 is 4.99. The van der Waals surface area contributed by atoms with Crippen LogP contribution in [0.4, 0.5) is 0 Å². The highest BCUT2D eigenvalue weighted by Crippen LogP contribution is 2.34. The average molecular weight is 365 g/mol. The van der Waals surface area contributed by atoms with E-state index in [0.717, 1.165) is 16.7 Å². The number of thiocarbonyl (C=S) groups is 1. The van der Waals surface area contributed by atoms with E-state index in [4.69, 9.17) is 17.0 Å². The number of carbonyl (C=O) groups excluding carboxylic acids is 3. The fourth-order valence-corrected chi connectivity index (χ4v) is 3.39. The SMILES string of the molecule is COc1ccc(/C=C2/SC(=S)N([C@H](CC(=O)[O-])C(=O)[O-])C2=O)cc1. The highest BCUT2D eigenvalue weighted by molar-refractivity contribution is 8.26. The molecule has 0 spiro atoms. The van der Waals surface area contributed by atoms with Gasteiger partial charge in [0.25, 0.3) is 5.91 Å². The van der Waals surface area contributed by atoms with E-state index < -0.39 is 30.3 Å². The molecule has 0 unspecified atom stereocenters. The lowest BCUT2D eigenvalue weighted by Crippen LogP contribution is -2.52. The number of methoxy groups -OCH3 is 1. The fourth-order valence-electron chi connectivity index (χ4n) is 2.04. The summed E-state index contributed by atoms with van der Waals surface area (Å²) in [6, 6.07) is 5.12. The van der Waals surface area contributed by atoms with Crippen LogP contribution in [0, 0.1) is 0 Å². The first-order valence-electron chi connectivity index (χ1n) is 6.65. The quantitative estimate of drug-likeness (QED) is 0.474. The Balaban J connectivity index is 2.27. The minimum atomic E-state index is -1.71. The molecule has 1 fully saturated rings. The van der Waals surface area contributed by atoms with Gasteiger partial charge in [0.05, 0.1) is 24.0 Å². The molecule has 9 heteroatoms. The number of hydrogen-bond acceptors (Lipinski definition) is 8. The Morgan fingerprint density at radius 1 is 1.33 bits per heavy atom. The van der Waals surface area contributed by atoms with Gasteiger partial charge in [-0.05, 0) is 23.8 Å². The molecule has 0 bridgehead atoms. The van der Waals surface area contributed by atoms with Crippen LogP contribution < -0.4 is 14.9 Å². The van der Waals surface area contributed by atoms with Crippen LogP contribution in [0.1, 0.15) is 12.0 Å². The molecule has 2 rings (SSSR count). The number of amides is 1. The zero-order valence-electron chi connectivity index (χ0n) is 12.4. The zero-order valence-corrected chi connectivity index (χ0v) is 14.0. The molecular formula is C15H11NO6S2-2. The summed E-state index contributed by atoms with van der Waals surface area (Å²) in [5.74, 6) is -3.36. The monoisotopic (exact) mass is 365 g/mol. The van der Waals surface area contributed by atoms with Crippen molar-refractivity contribution in [2.45, 2.75) is 12.5 Å². The van der Waals surface area contributed by atoms with Crippen LogP contribution >= 0.6 is 24.0 Å². The van der Waals surface area contributed by atoms with Crippen molar-refractivity contribution in [1.82, 2.24) is 4.90 Å². The standard InChI is InChI=1S/C15H13NO6S2/c1-22-9-4-2-8(3-5-9)6-11-13(19)16(15(23)24-11)10(14(20)21)7-12(17)18/h2-6,10H,7H2,1H3,(H,17,18)(H,20,21)/p-2/b11-6+/t10-/m1/s1. The molecule has 0 saturated carbocycles. The second-order valence-corrected chi connectivity index (χ2v) is 6.41. The Kier molecular flexibility index (Phi) is 5.58. The van der Waals surface area contributed by atoms with Gasteiger partial charge in [0.1, 0.15) is 10.1 Å². The van der Waals surface area contributed by atoms with Crippen molar-refractivity contribution in [2.75, 3.05) is 7.11 Å². The molecule has 1 aliphatic rings. The first-order chi connectivity index (χ1) is 11.3. The average Bonchev–Trinajstić information content (AvgIpc) is 2.79. The minimum Gasteiger partial charge on any atom is -0.550 e. The van der Waals surface area contributed by atoms with Crippen molar-refractivity contribution in [1.29, 1.82) is 0 Å². The predicted molar refractivity (Wildman–Crippen MR) is 86.4 cm³/mol. The molecule has 0 N–H and O–H groups in total. The highest BCUT2D eigenvalue weighted by atomic mass is 32.2. The second kappa shape index (κ2) is 7.45. The molecule has 1 aromatic carbocycles. The maximum atomic E-state index is 12.4. The predicted octanol–water partition coefficient (Wildman–Crippen LogP) is -0.845. The van der Waals surface area contributed by atoms with Crippen LogP contribution in [0.25, 0.3) is 6.08 Å². The molecule has 0 aliphatic carbocycles. The molecule has 1 aromatic rings. The summed E-state index contributed by atoms with van der Waals surface area (Å²) in [5, 5.41) is 21.9. The number of rotatable bonds is 6. The zero-order chi connectivity index (χ0) is 17.9. The van der Waals surface area contributed by atoms with E-state index in [0.29, 0.717) is 11.3 Å². The molecule has 0 radical (unpaired) electrons. The molecule has 1 heterocycles. The molecule has 1 amide bonds. The van der Waals surface area contributed by atoms with Crippen LogP contribution in [-0.4, -0.2) is 40.2 Å². The first kappa shape index (κ1) is 18.0. The van der Waals surface area contributed by atoms with Gasteiger partial charge in [-0.25, -0.2) is 0 Å². The number of aliphatic carboxylic acids is 2. The van der Waals surface area contributed by atoms with Crippen LogP contribution in [-0.2, 0) is 14.4 Å². The summed E-state index contributed by atoms with van der Waals surface area (Å²) in [4.78, 5) is 35.2. The van der Waals surface area contributed by atoms with Crippen LogP contribution in [0.15, 0.2) is 29.2 Å². The summed E-state index contributed by atoms with van der Waals surface area (Å²) in [7, 11) is 1.53. The lowest BCUT2D eigenvalue weighted by molar-refractivity contribution is -0.319. The number of thioether (sulfide) groups is 1. The first-order valence-corrected chi connectivity index (χ1v) is 7.87. The van der Waals surface area contributed by atoms with E-state index in [-0.39, 0.29) is 9.23 Å². The normalized spacial score (nSPS) is 17.2. The third-order valence-corrected chi connectivity index (χ3v) is 4.51. The van der Waals surface area contributed by atoms with Gasteiger partial charge in [0.15, 0.2) is 0 Å². The Bertz CT molecular complexity index is 728. The number of carboxylic acid groups (broad SMARTS) is 2. The summed E-state index contributed by atoms with van der Waals surface area (Å²) in [6.07, 6.45) is 0.634. The van der Waals surface area contributed by atoms with Crippen LogP contribution in [0.5, 0.6) is 5.75 Å². The van der Waals surface area contributed by atoms with Gasteiger partial charge in [-0.1, -0.05) is 36.1 Å². The molecule has 0 aromatic heterocycles. The Labute approximate surface area is 146 Å². The van der Waals surface area contributed by atoms with Gasteiger partial charge in [-0.15, -0.1) is 0 Å². The maximum absolute atomic E-state index is 12.4. The van der Waals surface area contributed by atoms with E-state index in [1.165, 1.54) is 13.2 Å². The largest absolute Gasteiger partial charge is 0.550 e. The number of ether oxygens (including phenoxy) is 1. The van der Waals surface area contributed by atoms with E-state index in [1.54, 1.807) is 24.3 Å². The van der Waals surface area contributed by atoms with E-state index in [1.807, 2.05) is 0 Å².